The second kappa shape index (κ2) is 3.85. The second-order valence-electron chi connectivity index (χ2n) is 4.20. The van der Waals surface area contributed by atoms with Gasteiger partial charge in [-0.1, -0.05) is 6.07 Å². The molecule has 0 N–H and O–H groups in total. The van der Waals surface area contributed by atoms with Crippen LogP contribution in [0.2, 0.25) is 0 Å². The van der Waals surface area contributed by atoms with Gasteiger partial charge in [-0.05, 0) is 44.4 Å². The molecule has 0 atom stereocenters. The van der Waals surface area contributed by atoms with E-state index in [1.54, 1.807) is 0 Å². The Morgan fingerprint density at radius 3 is 2.86 bits per heavy atom. The number of nitrogens with zero attached hydrogens (tertiary/aromatic N) is 1. The molecule has 0 bridgehead atoms. The van der Waals surface area contributed by atoms with Crippen LogP contribution in [0.4, 0.5) is 5.69 Å². The predicted molar refractivity (Wildman–Crippen MR) is 64.5 cm³/mol. The Balaban J connectivity index is 2.41. The maximum absolute atomic E-state index is 4.40. The van der Waals surface area contributed by atoms with Crippen LogP contribution in [-0.2, 0) is 6.42 Å². The largest absolute Gasteiger partial charge is 0.369 e. The number of benzene rings is 1. The normalized spacial score (nSPS) is 15.9. The summed E-state index contributed by atoms with van der Waals surface area (Å²) in [7, 11) is 0. The molecule has 2 rings (SSSR count). The monoisotopic (exact) mass is 207 g/mol. The lowest BCUT2D eigenvalue weighted by Gasteiger charge is -2.34. The van der Waals surface area contributed by atoms with Gasteiger partial charge in [0.25, 0.3) is 0 Å². The van der Waals surface area contributed by atoms with E-state index in [4.69, 9.17) is 0 Å². The fourth-order valence-corrected chi connectivity index (χ4v) is 2.32. The maximum atomic E-state index is 4.40. The Kier molecular flexibility index (Phi) is 2.73. The molecule has 1 nitrogen and oxygen atoms in total. The van der Waals surface area contributed by atoms with Gasteiger partial charge >= 0.3 is 0 Å². The molecule has 14 heavy (non-hydrogen) atoms. The van der Waals surface area contributed by atoms with Crippen LogP contribution in [0.1, 0.15) is 25.8 Å². The highest BCUT2D eigenvalue weighted by Gasteiger charge is 2.18. The molecular weight excluding hydrogens is 190 g/mol. The standard InChI is InChI=1S/C12H17NS/c1-9(2)13-7-3-4-10-5-6-11(14)8-12(10)13/h5-6,8-9,14H,3-4,7H2,1-2H3. The van der Waals surface area contributed by atoms with Crippen LogP contribution in [0.15, 0.2) is 23.1 Å². The summed E-state index contributed by atoms with van der Waals surface area (Å²) >= 11 is 4.40. The summed E-state index contributed by atoms with van der Waals surface area (Å²) in [6, 6.07) is 7.08. The highest BCUT2D eigenvalue weighted by Crippen LogP contribution is 2.30. The maximum Gasteiger partial charge on any atom is 0.0412 e. The smallest absolute Gasteiger partial charge is 0.0412 e. The zero-order chi connectivity index (χ0) is 10.1. The number of rotatable bonds is 1. The molecular formula is C12H17NS. The lowest BCUT2D eigenvalue weighted by Crippen LogP contribution is -2.35. The van der Waals surface area contributed by atoms with E-state index in [0.29, 0.717) is 6.04 Å². The molecule has 0 saturated carbocycles. The molecule has 0 aromatic heterocycles. The number of anilines is 1. The third-order valence-corrected chi connectivity index (χ3v) is 3.12. The van der Waals surface area contributed by atoms with E-state index in [0.717, 1.165) is 4.90 Å². The van der Waals surface area contributed by atoms with Crippen molar-refractivity contribution in [2.24, 2.45) is 0 Å². The molecule has 1 aliphatic rings. The van der Waals surface area contributed by atoms with Gasteiger partial charge in [-0.15, -0.1) is 12.6 Å². The molecule has 1 aliphatic heterocycles. The van der Waals surface area contributed by atoms with Crippen molar-refractivity contribution in [1.29, 1.82) is 0 Å². The van der Waals surface area contributed by atoms with Gasteiger partial charge in [-0.2, -0.15) is 0 Å². The molecule has 0 saturated heterocycles. The number of thiol groups is 1. The summed E-state index contributed by atoms with van der Waals surface area (Å²) in [4.78, 5) is 3.54. The average molecular weight is 207 g/mol. The van der Waals surface area contributed by atoms with Crippen LogP contribution in [0.25, 0.3) is 0 Å². The van der Waals surface area contributed by atoms with E-state index in [1.165, 1.54) is 30.6 Å². The van der Waals surface area contributed by atoms with Crippen molar-refractivity contribution in [2.75, 3.05) is 11.4 Å². The van der Waals surface area contributed by atoms with Crippen LogP contribution >= 0.6 is 12.6 Å². The summed E-state index contributed by atoms with van der Waals surface area (Å²) in [5, 5.41) is 0. The summed E-state index contributed by atoms with van der Waals surface area (Å²) in [5.74, 6) is 0. The van der Waals surface area contributed by atoms with Crippen LogP contribution in [-0.4, -0.2) is 12.6 Å². The van der Waals surface area contributed by atoms with Gasteiger partial charge in [0.2, 0.25) is 0 Å². The van der Waals surface area contributed by atoms with Crippen molar-refractivity contribution < 1.29 is 0 Å². The Bertz CT molecular complexity index is 333. The molecule has 0 aliphatic carbocycles. The van der Waals surface area contributed by atoms with Crippen LogP contribution < -0.4 is 4.90 Å². The van der Waals surface area contributed by atoms with E-state index in [1.807, 2.05) is 0 Å². The molecule has 0 amide bonds. The van der Waals surface area contributed by atoms with Crippen molar-refractivity contribution in [3.8, 4) is 0 Å². The first-order valence-corrected chi connectivity index (χ1v) is 5.72. The van der Waals surface area contributed by atoms with Gasteiger partial charge in [-0.25, -0.2) is 0 Å². The van der Waals surface area contributed by atoms with Crippen molar-refractivity contribution in [1.82, 2.24) is 0 Å². The predicted octanol–water partition coefficient (Wildman–Crippen LogP) is 3.14. The molecule has 0 fully saturated rings. The zero-order valence-corrected chi connectivity index (χ0v) is 9.72. The number of aryl methyl sites for hydroxylation is 1. The highest BCUT2D eigenvalue weighted by molar-refractivity contribution is 7.80. The molecule has 1 heterocycles. The van der Waals surface area contributed by atoms with Crippen molar-refractivity contribution in [3.05, 3.63) is 23.8 Å². The van der Waals surface area contributed by atoms with Crippen molar-refractivity contribution in [3.63, 3.8) is 0 Å². The molecule has 2 heteroatoms. The van der Waals surface area contributed by atoms with Crippen LogP contribution in [0, 0.1) is 0 Å². The van der Waals surface area contributed by atoms with Gasteiger partial charge in [-0.3, -0.25) is 0 Å². The molecule has 0 spiro atoms. The van der Waals surface area contributed by atoms with Crippen LogP contribution in [0.3, 0.4) is 0 Å². The van der Waals surface area contributed by atoms with Crippen molar-refractivity contribution in [2.45, 2.75) is 37.6 Å². The fourth-order valence-electron chi connectivity index (χ4n) is 2.13. The average Bonchev–Trinajstić information content (AvgIpc) is 2.16. The van der Waals surface area contributed by atoms with E-state index in [2.05, 4.69) is 49.6 Å². The fraction of sp³-hybridized carbons (Fsp3) is 0.500. The number of hydrogen-bond donors (Lipinski definition) is 1. The number of fused-ring (bicyclic) bond motifs is 1. The summed E-state index contributed by atoms with van der Waals surface area (Å²) in [6.07, 6.45) is 2.49. The SMILES string of the molecule is CC(C)N1CCCc2ccc(S)cc21. The third-order valence-electron chi connectivity index (χ3n) is 2.85. The quantitative estimate of drug-likeness (QED) is 0.692. The molecule has 76 valence electrons. The Hall–Kier alpha value is -0.630. The topological polar surface area (TPSA) is 3.24 Å². The van der Waals surface area contributed by atoms with E-state index < -0.39 is 0 Å². The summed E-state index contributed by atoms with van der Waals surface area (Å²) in [5.41, 5.74) is 2.86. The van der Waals surface area contributed by atoms with Gasteiger partial charge in [0.15, 0.2) is 0 Å². The first-order valence-electron chi connectivity index (χ1n) is 5.27. The Labute approximate surface area is 91.5 Å². The van der Waals surface area contributed by atoms with E-state index in [-0.39, 0.29) is 0 Å². The van der Waals surface area contributed by atoms with E-state index >= 15 is 0 Å². The molecule has 1 aromatic carbocycles. The van der Waals surface area contributed by atoms with Gasteiger partial charge in [0, 0.05) is 23.2 Å². The number of hydrogen-bond acceptors (Lipinski definition) is 2. The zero-order valence-electron chi connectivity index (χ0n) is 8.83. The Morgan fingerprint density at radius 1 is 1.36 bits per heavy atom. The molecule has 0 radical (unpaired) electrons. The highest BCUT2D eigenvalue weighted by atomic mass is 32.1. The van der Waals surface area contributed by atoms with Gasteiger partial charge in [0.05, 0.1) is 0 Å². The molecule has 1 aromatic rings. The first-order chi connectivity index (χ1) is 6.68. The summed E-state index contributed by atoms with van der Waals surface area (Å²) < 4.78 is 0. The minimum absolute atomic E-state index is 0.587. The second-order valence-corrected chi connectivity index (χ2v) is 4.72. The summed E-state index contributed by atoms with van der Waals surface area (Å²) in [6.45, 7) is 5.68. The third kappa shape index (κ3) is 1.76. The Morgan fingerprint density at radius 2 is 2.14 bits per heavy atom. The van der Waals surface area contributed by atoms with Crippen molar-refractivity contribution >= 4 is 18.3 Å². The van der Waals surface area contributed by atoms with Gasteiger partial charge in [0.1, 0.15) is 0 Å². The lowest BCUT2D eigenvalue weighted by molar-refractivity contribution is 0.624. The lowest BCUT2D eigenvalue weighted by atomic mass is 10.0. The minimum Gasteiger partial charge on any atom is -0.369 e. The molecule has 0 unspecified atom stereocenters. The first kappa shape index (κ1) is 9.91. The minimum atomic E-state index is 0.587. The van der Waals surface area contributed by atoms with E-state index in [9.17, 15) is 0 Å². The van der Waals surface area contributed by atoms with Crippen LogP contribution in [0.5, 0.6) is 0 Å². The van der Waals surface area contributed by atoms with Gasteiger partial charge < -0.3 is 4.90 Å².